The number of thiazole rings is 1. The highest BCUT2D eigenvalue weighted by Crippen LogP contribution is 2.21. The van der Waals surface area contributed by atoms with Crippen molar-refractivity contribution in [1.29, 1.82) is 0 Å². The molecule has 7 heteroatoms. The molecule has 1 atom stereocenters. The van der Waals surface area contributed by atoms with Crippen molar-refractivity contribution in [3.05, 3.63) is 40.2 Å². The first kappa shape index (κ1) is 19.9. The van der Waals surface area contributed by atoms with Crippen LogP contribution in [0.1, 0.15) is 24.4 Å². The lowest BCUT2D eigenvalue weighted by Gasteiger charge is -2.20. The lowest BCUT2D eigenvalue weighted by molar-refractivity contribution is -0.131. The molecule has 3 amide bonds. The molecular formula is C19H26N4O2S. The van der Waals surface area contributed by atoms with Crippen LogP contribution in [0, 0.1) is 6.92 Å². The summed E-state index contributed by atoms with van der Waals surface area (Å²) in [5, 5.41) is 8.56. The minimum Gasteiger partial charge on any atom is -0.344 e. The van der Waals surface area contributed by atoms with Crippen LogP contribution in [0.25, 0.3) is 11.3 Å². The van der Waals surface area contributed by atoms with Crippen LogP contribution in [0.3, 0.4) is 0 Å². The molecule has 1 aromatic carbocycles. The number of likely N-dealkylation sites (N-methyl/N-ethyl adjacent to an activating group) is 1. The van der Waals surface area contributed by atoms with E-state index in [2.05, 4.69) is 21.0 Å². The fourth-order valence-electron chi connectivity index (χ4n) is 2.45. The maximum absolute atomic E-state index is 11.9. The van der Waals surface area contributed by atoms with E-state index in [1.54, 1.807) is 30.2 Å². The molecule has 2 N–H and O–H groups in total. The van der Waals surface area contributed by atoms with E-state index in [4.69, 9.17) is 0 Å². The molecule has 0 aliphatic rings. The van der Waals surface area contributed by atoms with Gasteiger partial charge in [0.15, 0.2) is 0 Å². The second-order valence-electron chi connectivity index (χ2n) is 6.17. The Hall–Kier alpha value is -2.41. The number of hydrogen-bond acceptors (Lipinski definition) is 4. The minimum absolute atomic E-state index is 0.101. The fraction of sp³-hybridized carbons (Fsp3) is 0.421. The molecule has 0 saturated heterocycles. The first-order valence-electron chi connectivity index (χ1n) is 8.71. The topological polar surface area (TPSA) is 74.3 Å². The Morgan fingerprint density at radius 1 is 1.27 bits per heavy atom. The van der Waals surface area contributed by atoms with Gasteiger partial charge in [0.25, 0.3) is 0 Å². The van der Waals surface area contributed by atoms with E-state index in [9.17, 15) is 9.59 Å². The van der Waals surface area contributed by atoms with Gasteiger partial charge in [0.05, 0.1) is 10.7 Å². The number of nitrogens with zero attached hydrogens (tertiary/aromatic N) is 2. The highest BCUT2D eigenvalue weighted by Gasteiger charge is 2.17. The van der Waals surface area contributed by atoms with Gasteiger partial charge >= 0.3 is 6.03 Å². The van der Waals surface area contributed by atoms with Gasteiger partial charge in [0.1, 0.15) is 6.04 Å². The molecular weight excluding hydrogens is 348 g/mol. The van der Waals surface area contributed by atoms with Crippen LogP contribution in [0.5, 0.6) is 0 Å². The van der Waals surface area contributed by atoms with E-state index in [0.29, 0.717) is 13.1 Å². The predicted molar refractivity (Wildman–Crippen MR) is 105 cm³/mol. The average molecular weight is 375 g/mol. The summed E-state index contributed by atoms with van der Waals surface area (Å²) in [5.74, 6) is -0.101. The molecule has 0 bridgehead atoms. The zero-order valence-corrected chi connectivity index (χ0v) is 16.5. The van der Waals surface area contributed by atoms with E-state index in [-0.39, 0.29) is 11.9 Å². The zero-order valence-electron chi connectivity index (χ0n) is 15.7. The molecule has 0 radical (unpaired) electrons. The van der Waals surface area contributed by atoms with E-state index in [1.165, 1.54) is 0 Å². The van der Waals surface area contributed by atoms with Gasteiger partial charge < -0.3 is 15.5 Å². The highest BCUT2D eigenvalue weighted by molar-refractivity contribution is 7.09. The molecule has 0 spiro atoms. The zero-order chi connectivity index (χ0) is 19.1. The van der Waals surface area contributed by atoms with Crippen molar-refractivity contribution in [2.45, 2.75) is 33.2 Å². The molecule has 1 aromatic heterocycles. The maximum atomic E-state index is 11.9. The molecule has 2 rings (SSSR count). The third kappa shape index (κ3) is 5.56. The van der Waals surface area contributed by atoms with Gasteiger partial charge in [-0.25, -0.2) is 9.78 Å². The summed E-state index contributed by atoms with van der Waals surface area (Å²) in [5.41, 5.74) is 3.22. The first-order chi connectivity index (χ1) is 12.4. The van der Waals surface area contributed by atoms with Crippen LogP contribution in [0.2, 0.25) is 0 Å². The quantitative estimate of drug-likeness (QED) is 0.783. The number of amides is 3. The summed E-state index contributed by atoms with van der Waals surface area (Å²) in [4.78, 5) is 29.9. The number of aryl methyl sites for hydroxylation is 1. The van der Waals surface area contributed by atoms with Crippen molar-refractivity contribution >= 4 is 23.3 Å². The largest absolute Gasteiger partial charge is 0.344 e. The monoisotopic (exact) mass is 374 g/mol. The summed E-state index contributed by atoms with van der Waals surface area (Å²) in [7, 11) is 1.72. The molecule has 0 aliphatic heterocycles. The number of carbonyl (C=O) groups excluding carboxylic acids is 2. The fourth-order valence-corrected chi connectivity index (χ4v) is 3.08. The van der Waals surface area contributed by atoms with Crippen LogP contribution in [-0.4, -0.2) is 48.0 Å². The Balaban J connectivity index is 1.77. The average Bonchev–Trinajstić information content (AvgIpc) is 3.07. The lowest BCUT2D eigenvalue weighted by atomic mass is 10.1. The summed E-state index contributed by atoms with van der Waals surface area (Å²) < 4.78 is 0. The molecule has 26 heavy (non-hydrogen) atoms. The van der Waals surface area contributed by atoms with E-state index < -0.39 is 6.04 Å². The third-order valence-electron chi connectivity index (χ3n) is 4.14. The van der Waals surface area contributed by atoms with Gasteiger partial charge in [-0.05, 0) is 32.8 Å². The molecule has 6 nitrogen and oxygen atoms in total. The van der Waals surface area contributed by atoms with Crippen molar-refractivity contribution in [2.75, 3.05) is 20.1 Å². The summed E-state index contributed by atoms with van der Waals surface area (Å²) in [6, 6.07) is 7.32. The normalized spacial score (nSPS) is 11.7. The number of benzene rings is 1. The van der Waals surface area contributed by atoms with Crippen LogP contribution in [0.15, 0.2) is 29.6 Å². The third-order valence-corrected chi connectivity index (χ3v) is 4.91. The predicted octanol–water partition coefficient (Wildman–Crippen LogP) is 2.83. The Morgan fingerprint density at radius 2 is 1.96 bits per heavy atom. The van der Waals surface area contributed by atoms with Gasteiger partial charge in [-0.3, -0.25) is 4.79 Å². The number of aromatic nitrogens is 1. The number of hydrogen-bond donors (Lipinski definition) is 2. The van der Waals surface area contributed by atoms with Gasteiger partial charge in [-0.2, -0.15) is 0 Å². The number of carbonyl (C=O) groups is 2. The van der Waals surface area contributed by atoms with Crippen LogP contribution < -0.4 is 10.6 Å². The van der Waals surface area contributed by atoms with E-state index >= 15 is 0 Å². The van der Waals surface area contributed by atoms with Crippen molar-refractivity contribution in [2.24, 2.45) is 0 Å². The second kappa shape index (κ2) is 9.33. The molecule has 0 saturated carbocycles. The Labute approximate surface area is 158 Å². The molecule has 1 heterocycles. The first-order valence-corrected chi connectivity index (χ1v) is 9.59. The highest BCUT2D eigenvalue weighted by atomic mass is 32.1. The van der Waals surface area contributed by atoms with Gasteiger partial charge in [0.2, 0.25) is 5.91 Å². The Bertz CT molecular complexity index is 742. The van der Waals surface area contributed by atoms with Crippen molar-refractivity contribution in [3.63, 3.8) is 0 Å². The van der Waals surface area contributed by atoms with Crippen molar-refractivity contribution in [1.82, 2.24) is 20.5 Å². The molecule has 140 valence electrons. The molecule has 0 aliphatic carbocycles. The minimum atomic E-state index is -0.541. The molecule has 0 unspecified atom stereocenters. The Kier molecular flexibility index (Phi) is 7.15. The SMILES string of the molecule is CCN(C)C(=O)[C@H](C)NC(=O)NCCc1ccc(-c2csc(C)n2)cc1. The number of nitrogens with one attached hydrogen (secondary N) is 2. The molecule has 0 fully saturated rings. The van der Waals surface area contributed by atoms with Crippen LogP contribution in [-0.2, 0) is 11.2 Å². The number of urea groups is 1. The molecule has 2 aromatic rings. The van der Waals surface area contributed by atoms with Crippen molar-refractivity contribution < 1.29 is 9.59 Å². The summed E-state index contributed by atoms with van der Waals surface area (Å²) in [6.07, 6.45) is 0.723. The van der Waals surface area contributed by atoms with E-state index in [0.717, 1.165) is 28.2 Å². The smallest absolute Gasteiger partial charge is 0.315 e. The standard InChI is InChI=1S/C19H26N4O2S/c1-5-23(4)18(24)13(2)21-19(25)20-11-10-15-6-8-16(9-7-15)17-12-26-14(3)22-17/h6-9,12-13H,5,10-11H2,1-4H3,(H2,20,21,25)/t13-/m0/s1. The van der Waals surface area contributed by atoms with E-state index in [1.807, 2.05) is 38.1 Å². The van der Waals surface area contributed by atoms with Gasteiger partial charge in [-0.1, -0.05) is 24.3 Å². The maximum Gasteiger partial charge on any atom is 0.315 e. The van der Waals surface area contributed by atoms with Gasteiger partial charge in [-0.15, -0.1) is 11.3 Å². The Morgan fingerprint density at radius 3 is 2.54 bits per heavy atom. The second-order valence-corrected chi connectivity index (χ2v) is 7.24. The lowest BCUT2D eigenvalue weighted by Crippen LogP contribution is -2.49. The summed E-state index contributed by atoms with van der Waals surface area (Å²) in [6.45, 7) is 6.70. The number of rotatable bonds is 7. The van der Waals surface area contributed by atoms with Gasteiger partial charge in [0, 0.05) is 31.1 Å². The van der Waals surface area contributed by atoms with Crippen LogP contribution in [0.4, 0.5) is 4.79 Å². The van der Waals surface area contributed by atoms with Crippen molar-refractivity contribution in [3.8, 4) is 11.3 Å². The summed E-state index contributed by atoms with van der Waals surface area (Å²) >= 11 is 1.64. The van der Waals surface area contributed by atoms with Crippen LogP contribution >= 0.6 is 11.3 Å².